The maximum Gasteiger partial charge on any atom is 0.270 e. The number of pyridine rings is 1. The van der Waals surface area contributed by atoms with Crippen molar-refractivity contribution < 1.29 is 19.2 Å². The summed E-state index contributed by atoms with van der Waals surface area (Å²) in [5, 5.41) is 13.0. The van der Waals surface area contributed by atoms with Gasteiger partial charge in [0.05, 0.1) is 0 Å². The average molecular weight is 643 g/mol. The van der Waals surface area contributed by atoms with Crippen molar-refractivity contribution in [3.63, 3.8) is 0 Å². The van der Waals surface area contributed by atoms with E-state index in [0.717, 1.165) is 57.3 Å². The van der Waals surface area contributed by atoms with Crippen molar-refractivity contribution in [1.29, 1.82) is 0 Å². The third-order valence-corrected chi connectivity index (χ3v) is 9.20. The van der Waals surface area contributed by atoms with Crippen molar-refractivity contribution in [1.82, 2.24) is 35.2 Å². The van der Waals surface area contributed by atoms with Crippen LogP contribution in [0, 0.1) is 5.92 Å². The number of anilines is 1. The van der Waals surface area contributed by atoms with Crippen LogP contribution in [0.4, 0.5) is 5.69 Å². The van der Waals surface area contributed by atoms with Crippen molar-refractivity contribution in [3.05, 3.63) is 77.9 Å². The second-order valence-corrected chi connectivity index (χ2v) is 12.5. The van der Waals surface area contributed by atoms with Crippen LogP contribution in [0.3, 0.4) is 0 Å². The fraction of sp³-hybridized carbons (Fsp3) is 0.486. The van der Waals surface area contributed by atoms with Gasteiger partial charge in [0, 0.05) is 76.9 Å². The van der Waals surface area contributed by atoms with Gasteiger partial charge in [-0.25, -0.2) is 0 Å². The lowest BCUT2D eigenvalue weighted by Crippen LogP contribution is -2.55. The fourth-order valence-corrected chi connectivity index (χ4v) is 6.45. The average Bonchev–Trinajstić information content (AvgIpc) is 3.54. The van der Waals surface area contributed by atoms with Crippen LogP contribution in [0.15, 0.2) is 61.1 Å². The van der Waals surface area contributed by atoms with Crippen molar-refractivity contribution >= 4 is 29.3 Å². The lowest BCUT2D eigenvalue weighted by Gasteiger charge is -2.36. The standard InChI is InChI=1S/C35H46N8O4/c1-3-31(44)39-29(35(47)43-21-19-42(20-22-43)24-26-13-16-36-17-14-26)23-25-9-11-28(12-10-25)38-34(46)32(27-7-5-4-6-8-27)40-33(45)30-15-18-37-41(30)2/h9-18,27,29,32H,3-8,19-24H2,1-2H3,(H,38,46)(H,39,44)(H,40,45). The van der Waals surface area contributed by atoms with Gasteiger partial charge in [-0.1, -0.05) is 38.3 Å². The molecule has 1 saturated heterocycles. The molecule has 1 aromatic carbocycles. The van der Waals surface area contributed by atoms with Crippen LogP contribution in [0.5, 0.6) is 0 Å². The van der Waals surface area contributed by atoms with Crippen LogP contribution in [0.1, 0.15) is 67.1 Å². The zero-order chi connectivity index (χ0) is 33.2. The molecule has 3 N–H and O–H groups in total. The third-order valence-electron chi connectivity index (χ3n) is 9.20. The van der Waals surface area contributed by atoms with Gasteiger partial charge in [-0.2, -0.15) is 5.10 Å². The number of hydrogen-bond donors (Lipinski definition) is 3. The molecule has 1 aliphatic heterocycles. The van der Waals surface area contributed by atoms with E-state index in [9.17, 15) is 19.2 Å². The Balaban J connectivity index is 1.20. The molecule has 3 aromatic rings. The maximum absolute atomic E-state index is 13.6. The second kappa shape index (κ2) is 16.3. The van der Waals surface area contributed by atoms with Crippen LogP contribution >= 0.6 is 0 Å². The molecule has 2 unspecified atom stereocenters. The molecule has 12 nitrogen and oxygen atoms in total. The molecule has 0 spiro atoms. The summed E-state index contributed by atoms with van der Waals surface area (Å²) >= 11 is 0. The highest BCUT2D eigenvalue weighted by Crippen LogP contribution is 2.27. The summed E-state index contributed by atoms with van der Waals surface area (Å²) in [5.74, 6) is -0.804. The minimum atomic E-state index is -0.687. The predicted molar refractivity (Wildman–Crippen MR) is 178 cm³/mol. The number of aromatic nitrogens is 3. The number of carbonyl (C=O) groups is 4. The first-order chi connectivity index (χ1) is 22.8. The summed E-state index contributed by atoms with van der Waals surface area (Å²) < 4.78 is 1.49. The third kappa shape index (κ3) is 9.25. The highest BCUT2D eigenvalue weighted by molar-refractivity contribution is 6.00. The van der Waals surface area contributed by atoms with Crippen molar-refractivity contribution in [3.8, 4) is 0 Å². The molecule has 5 rings (SSSR count). The number of nitrogens with zero attached hydrogens (tertiary/aromatic N) is 5. The fourth-order valence-electron chi connectivity index (χ4n) is 6.45. The Hall–Kier alpha value is -4.58. The molecule has 0 radical (unpaired) electrons. The highest BCUT2D eigenvalue weighted by Gasteiger charge is 2.32. The van der Waals surface area contributed by atoms with Crippen LogP contribution in [0.25, 0.3) is 0 Å². The van der Waals surface area contributed by atoms with E-state index in [1.807, 2.05) is 29.2 Å². The largest absolute Gasteiger partial charge is 0.344 e. The Morgan fingerprint density at radius 3 is 2.19 bits per heavy atom. The smallest absolute Gasteiger partial charge is 0.270 e. The van der Waals surface area contributed by atoms with Crippen LogP contribution < -0.4 is 16.0 Å². The zero-order valence-electron chi connectivity index (χ0n) is 27.4. The molecule has 47 heavy (non-hydrogen) atoms. The van der Waals surface area contributed by atoms with E-state index in [-0.39, 0.29) is 36.0 Å². The van der Waals surface area contributed by atoms with E-state index in [1.165, 1.54) is 10.2 Å². The van der Waals surface area contributed by atoms with Crippen molar-refractivity contribution in [2.75, 3.05) is 31.5 Å². The molecule has 1 saturated carbocycles. The SMILES string of the molecule is CCC(=O)NC(Cc1ccc(NC(=O)C(NC(=O)c2ccnn2C)C2CCCCC2)cc1)C(=O)N1CCN(Cc2ccncc2)CC1. The Bertz CT molecular complexity index is 1500. The number of piperazine rings is 1. The quantitative estimate of drug-likeness (QED) is 0.276. The molecule has 2 aromatic heterocycles. The molecule has 2 atom stereocenters. The summed E-state index contributed by atoms with van der Waals surface area (Å²) in [7, 11) is 1.70. The molecule has 0 bridgehead atoms. The van der Waals surface area contributed by atoms with E-state index < -0.39 is 12.1 Å². The molecule has 4 amide bonds. The molecule has 2 fully saturated rings. The zero-order valence-corrected chi connectivity index (χ0v) is 27.4. The van der Waals surface area contributed by atoms with E-state index in [2.05, 4.69) is 30.9 Å². The number of carbonyl (C=O) groups excluding carboxylic acids is 4. The number of nitrogens with one attached hydrogen (secondary N) is 3. The summed E-state index contributed by atoms with van der Waals surface area (Å²) in [6.45, 7) is 5.26. The molecule has 2 aliphatic rings. The molecule has 1 aliphatic carbocycles. The summed E-state index contributed by atoms with van der Waals surface area (Å²) in [6.07, 6.45) is 10.7. The van der Waals surface area contributed by atoms with Gasteiger partial charge in [-0.15, -0.1) is 0 Å². The number of aryl methyl sites for hydroxylation is 1. The van der Waals surface area contributed by atoms with Crippen LogP contribution in [-0.2, 0) is 34.4 Å². The highest BCUT2D eigenvalue weighted by atomic mass is 16.2. The second-order valence-electron chi connectivity index (χ2n) is 12.5. The van der Waals surface area contributed by atoms with Crippen LogP contribution in [0.2, 0.25) is 0 Å². The Morgan fingerprint density at radius 2 is 1.55 bits per heavy atom. The van der Waals surface area contributed by atoms with Gasteiger partial charge in [0.2, 0.25) is 17.7 Å². The monoisotopic (exact) mass is 642 g/mol. The number of benzene rings is 1. The normalized spacial score (nSPS) is 17.0. The van der Waals surface area contributed by atoms with E-state index >= 15 is 0 Å². The summed E-state index contributed by atoms with van der Waals surface area (Å²) in [6, 6.07) is 11.6. The van der Waals surface area contributed by atoms with Gasteiger partial charge < -0.3 is 20.9 Å². The van der Waals surface area contributed by atoms with Gasteiger partial charge in [-0.3, -0.25) is 33.7 Å². The minimum Gasteiger partial charge on any atom is -0.344 e. The Labute approximate surface area is 276 Å². The maximum atomic E-state index is 13.6. The molecular weight excluding hydrogens is 596 g/mol. The first-order valence-electron chi connectivity index (χ1n) is 16.7. The van der Waals surface area contributed by atoms with Gasteiger partial charge >= 0.3 is 0 Å². The lowest BCUT2D eigenvalue weighted by atomic mass is 9.83. The minimum absolute atomic E-state index is 0.0478. The van der Waals surface area contributed by atoms with Gasteiger partial charge in [-0.05, 0) is 60.2 Å². The topological polar surface area (TPSA) is 142 Å². The molecule has 12 heteroatoms. The van der Waals surface area contributed by atoms with Crippen LogP contribution in [-0.4, -0.2) is 86.5 Å². The van der Waals surface area contributed by atoms with Gasteiger partial charge in [0.25, 0.3) is 5.91 Å². The first-order valence-corrected chi connectivity index (χ1v) is 16.7. The van der Waals surface area contributed by atoms with E-state index in [0.29, 0.717) is 30.9 Å². The Morgan fingerprint density at radius 1 is 0.851 bits per heavy atom. The molecular formula is C35H46N8O4. The predicted octanol–water partition coefficient (Wildman–Crippen LogP) is 2.91. The van der Waals surface area contributed by atoms with Crippen molar-refractivity contribution in [2.45, 2.75) is 70.5 Å². The summed E-state index contributed by atoms with van der Waals surface area (Å²) in [5.41, 5.74) is 3.04. The summed E-state index contributed by atoms with van der Waals surface area (Å²) in [4.78, 5) is 60.9. The van der Waals surface area contributed by atoms with E-state index in [4.69, 9.17) is 0 Å². The number of rotatable bonds is 12. The number of amides is 4. The first kappa shape index (κ1) is 33.8. The van der Waals surface area contributed by atoms with Gasteiger partial charge in [0.15, 0.2) is 0 Å². The van der Waals surface area contributed by atoms with E-state index in [1.54, 1.807) is 50.8 Å². The Kier molecular flexibility index (Phi) is 11.7. The lowest BCUT2D eigenvalue weighted by molar-refractivity contribution is -0.138. The molecule has 250 valence electrons. The number of hydrogen-bond acceptors (Lipinski definition) is 7. The van der Waals surface area contributed by atoms with Gasteiger partial charge in [0.1, 0.15) is 17.8 Å². The van der Waals surface area contributed by atoms with Crippen molar-refractivity contribution in [2.24, 2.45) is 13.0 Å². The molecule has 3 heterocycles.